The molecule has 0 bridgehead atoms. The highest BCUT2D eigenvalue weighted by atomic mass is 19.1. The first kappa shape index (κ1) is 13.9. The SMILES string of the molecule is O=C(O)c1cn(-c2ccc(F)cc2F)c2ncccc2c1=O. The number of rotatable bonds is 2. The zero-order valence-electron chi connectivity index (χ0n) is 11.0. The second-order valence-corrected chi connectivity index (χ2v) is 4.52. The third kappa shape index (κ3) is 2.12. The summed E-state index contributed by atoms with van der Waals surface area (Å²) in [6.07, 6.45) is 2.37. The molecule has 0 amide bonds. The molecule has 0 aliphatic heterocycles. The van der Waals surface area contributed by atoms with Crippen LogP contribution < -0.4 is 5.43 Å². The molecule has 0 saturated carbocycles. The Hall–Kier alpha value is -3.09. The molecule has 110 valence electrons. The van der Waals surface area contributed by atoms with E-state index in [0.29, 0.717) is 6.07 Å². The van der Waals surface area contributed by atoms with E-state index in [1.807, 2.05) is 0 Å². The van der Waals surface area contributed by atoms with Gasteiger partial charge in [-0.3, -0.25) is 9.36 Å². The molecular weight excluding hydrogens is 294 g/mol. The Morgan fingerprint density at radius 1 is 1.23 bits per heavy atom. The highest BCUT2D eigenvalue weighted by Crippen LogP contribution is 2.19. The normalized spacial score (nSPS) is 10.8. The van der Waals surface area contributed by atoms with Crippen molar-refractivity contribution in [1.29, 1.82) is 0 Å². The second-order valence-electron chi connectivity index (χ2n) is 4.52. The fourth-order valence-electron chi connectivity index (χ4n) is 2.17. The van der Waals surface area contributed by atoms with E-state index in [1.165, 1.54) is 18.3 Å². The first-order valence-electron chi connectivity index (χ1n) is 6.18. The van der Waals surface area contributed by atoms with Gasteiger partial charge in [0.25, 0.3) is 0 Å². The van der Waals surface area contributed by atoms with E-state index in [9.17, 15) is 18.4 Å². The number of aromatic nitrogens is 2. The molecule has 0 saturated heterocycles. The number of pyridine rings is 2. The molecule has 1 aromatic carbocycles. The fourth-order valence-corrected chi connectivity index (χ4v) is 2.17. The van der Waals surface area contributed by atoms with Crippen molar-refractivity contribution in [2.45, 2.75) is 0 Å². The quantitative estimate of drug-likeness (QED) is 0.789. The van der Waals surface area contributed by atoms with Gasteiger partial charge in [0.05, 0.1) is 11.1 Å². The van der Waals surface area contributed by atoms with Gasteiger partial charge in [-0.05, 0) is 24.3 Å². The summed E-state index contributed by atoms with van der Waals surface area (Å²) in [4.78, 5) is 27.3. The molecule has 0 fully saturated rings. The Kier molecular flexibility index (Phi) is 3.17. The van der Waals surface area contributed by atoms with Crippen molar-refractivity contribution < 1.29 is 18.7 Å². The zero-order valence-corrected chi connectivity index (χ0v) is 11.0. The summed E-state index contributed by atoms with van der Waals surface area (Å²) in [7, 11) is 0. The minimum atomic E-state index is -1.44. The molecule has 7 heteroatoms. The van der Waals surface area contributed by atoms with Crippen molar-refractivity contribution in [3.05, 3.63) is 70.1 Å². The Morgan fingerprint density at radius 3 is 2.68 bits per heavy atom. The van der Waals surface area contributed by atoms with E-state index in [4.69, 9.17) is 5.11 Å². The van der Waals surface area contributed by atoms with E-state index >= 15 is 0 Å². The molecular formula is C15H8F2N2O3. The predicted molar refractivity (Wildman–Crippen MR) is 74.2 cm³/mol. The van der Waals surface area contributed by atoms with Crippen LogP contribution in [0, 0.1) is 11.6 Å². The van der Waals surface area contributed by atoms with Gasteiger partial charge < -0.3 is 5.11 Å². The van der Waals surface area contributed by atoms with Gasteiger partial charge in [-0.2, -0.15) is 0 Å². The van der Waals surface area contributed by atoms with Crippen molar-refractivity contribution >= 4 is 17.0 Å². The summed E-state index contributed by atoms with van der Waals surface area (Å²) in [5.74, 6) is -3.10. The lowest BCUT2D eigenvalue weighted by atomic mass is 10.2. The van der Waals surface area contributed by atoms with Crippen molar-refractivity contribution in [2.75, 3.05) is 0 Å². The maximum absolute atomic E-state index is 14.0. The largest absolute Gasteiger partial charge is 0.477 e. The van der Waals surface area contributed by atoms with E-state index in [0.717, 1.165) is 22.9 Å². The van der Waals surface area contributed by atoms with Gasteiger partial charge in [0.1, 0.15) is 22.8 Å². The summed E-state index contributed by atoms with van der Waals surface area (Å²) in [5.41, 5.74) is -1.26. The molecule has 5 nitrogen and oxygen atoms in total. The van der Waals surface area contributed by atoms with Crippen LogP contribution in [-0.2, 0) is 0 Å². The Balaban J connectivity index is 2.45. The van der Waals surface area contributed by atoms with Crippen LogP contribution in [0.5, 0.6) is 0 Å². The molecule has 0 radical (unpaired) electrons. The lowest BCUT2D eigenvalue weighted by Crippen LogP contribution is -2.19. The number of carboxylic acid groups (broad SMARTS) is 1. The van der Waals surface area contributed by atoms with Crippen LogP contribution in [0.3, 0.4) is 0 Å². The van der Waals surface area contributed by atoms with Gasteiger partial charge >= 0.3 is 5.97 Å². The number of nitrogens with zero attached hydrogens (tertiary/aromatic N) is 2. The first-order valence-corrected chi connectivity index (χ1v) is 6.18. The van der Waals surface area contributed by atoms with E-state index in [2.05, 4.69) is 4.98 Å². The number of hydrogen-bond acceptors (Lipinski definition) is 3. The van der Waals surface area contributed by atoms with Crippen LogP contribution in [0.15, 0.2) is 47.5 Å². The maximum Gasteiger partial charge on any atom is 0.341 e. The third-order valence-electron chi connectivity index (χ3n) is 3.16. The zero-order chi connectivity index (χ0) is 15.9. The van der Waals surface area contributed by atoms with Gasteiger partial charge in [-0.15, -0.1) is 0 Å². The summed E-state index contributed by atoms with van der Waals surface area (Å²) < 4.78 is 28.1. The standard InChI is InChI=1S/C15H8F2N2O3/c16-8-3-4-12(11(17)6-8)19-7-10(15(21)22)13(20)9-2-1-5-18-14(9)19/h1-7H,(H,21,22). The lowest BCUT2D eigenvalue weighted by molar-refractivity contribution is 0.0695. The maximum atomic E-state index is 14.0. The Bertz CT molecular complexity index is 967. The highest BCUT2D eigenvalue weighted by Gasteiger charge is 2.17. The molecule has 2 heterocycles. The summed E-state index contributed by atoms with van der Waals surface area (Å²) in [6.45, 7) is 0. The van der Waals surface area contributed by atoms with Crippen molar-refractivity contribution in [3.8, 4) is 5.69 Å². The van der Waals surface area contributed by atoms with Gasteiger partial charge in [0, 0.05) is 18.5 Å². The molecule has 0 atom stereocenters. The molecule has 0 aliphatic rings. The van der Waals surface area contributed by atoms with Gasteiger partial charge in [-0.25, -0.2) is 18.6 Å². The lowest BCUT2D eigenvalue weighted by Gasteiger charge is -2.12. The molecule has 0 aliphatic carbocycles. The number of halogens is 2. The minimum Gasteiger partial charge on any atom is -0.477 e. The molecule has 0 unspecified atom stereocenters. The summed E-state index contributed by atoms with van der Waals surface area (Å²) in [6, 6.07) is 5.72. The molecule has 1 N–H and O–H groups in total. The van der Waals surface area contributed by atoms with Gasteiger partial charge in [-0.1, -0.05) is 0 Å². The highest BCUT2D eigenvalue weighted by molar-refractivity contribution is 5.92. The molecule has 3 aromatic rings. The number of benzene rings is 1. The molecule has 0 spiro atoms. The van der Waals surface area contributed by atoms with Crippen LogP contribution >= 0.6 is 0 Å². The van der Waals surface area contributed by atoms with Crippen molar-refractivity contribution in [3.63, 3.8) is 0 Å². The second kappa shape index (κ2) is 5.03. The van der Waals surface area contributed by atoms with Crippen molar-refractivity contribution in [2.24, 2.45) is 0 Å². The van der Waals surface area contributed by atoms with Crippen LogP contribution in [0.25, 0.3) is 16.7 Å². The monoisotopic (exact) mass is 302 g/mol. The number of hydrogen-bond donors (Lipinski definition) is 1. The number of carboxylic acids is 1. The average molecular weight is 302 g/mol. The van der Waals surface area contributed by atoms with Crippen LogP contribution in [0.1, 0.15) is 10.4 Å². The smallest absolute Gasteiger partial charge is 0.341 e. The topological polar surface area (TPSA) is 72.2 Å². The number of fused-ring (bicyclic) bond motifs is 1. The van der Waals surface area contributed by atoms with Crippen LogP contribution in [0.2, 0.25) is 0 Å². The predicted octanol–water partition coefficient (Wildman–Crippen LogP) is 2.36. The van der Waals surface area contributed by atoms with Crippen molar-refractivity contribution in [1.82, 2.24) is 9.55 Å². The van der Waals surface area contributed by atoms with Gasteiger partial charge in [0.2, 0.25) is 5.43 Å². The molecule has 22 heavy (non-hydrogen) atoms. The molecule has 2 aromatic heterocycles. The fraction of sp³-hybridized carbons (Fsp3) is 0. The van der Waals surface area contributed by atoms with Crippen LogP contribution in [-0.4, -0.2) is 20.6 Å². The van der Waals surface area contributed by atoms with Gasteiger partial charge in [0.15, 0.2) is 0 Å². The van der Waals surface area contributed by atoms with E-state index in [1.54, 1.807) is 0 Å². The van der Waals surface area contributed by atoms with Crippen LogP contribution in [0.4, 0.5) is 8.78 Å². The Labute approximate surface area is 122 Å². The summed E-state index contributed by atoms with van der Waals surface area (Å²) >= 11 is 0. The average Bonchev–Trinajstić information content (AvgIpc) is 2.48. The third-order valence-corrected chi connectivity index (χ3v) is 3.16. The molecule has 3 rings (SSSR count). The Morgan fingerprint density at radius 2 is 2.00 bits per heavy atom. The van der Waals surface area contributed by atoms with E-state index < -0.39 is 28.6 Å². The summed E-state index contributed by atoms with van der Waals surface area (Å²) in [5, 5.41) is 9.16. The minimum absolute atomic E-state index is 0.0334. The number of aromatic carboxylic acids is 1. The first-order chi connectivity index (χ1) is 10.5. The number of carbonyl (C=O) groups is 1. The van der Waals surface area contributed by atoms with E-state index in [-0.39, 0.29) is 16.7 Å².